The van der Waals surface area contributed by atoms with Gasteiger partial charge in [-0.25, -0.2) is 0 Å². The Kier molecular flexibility index (Phi) is 5.16. The molecule has 0 heterocycles. The molecule has 2 heteroatoms. The van der Waals surface area contributed by atoms with Crippen LogP contribution in [0.4, 0.5) is 0 Å². The largest absolute Gasteiger partial charge is 0.358 e. The Bertz CT molecular complexity index is 139. The monoisotopic (exact) mass is 139 g/mol. The first kappa shape index (κ1) is 8.40. The highest BCUT2D eigenvalue weighted by molar-refractivity contribution is 6.02. The van der Waals surface area contributed by atoms with Crippen molar-refractivity contribution in [3.05, 3.63) is 35.9 Å². The fourth-order valence-electron chi connectivity index (χ4n) is 0.534. The summed E-state index contributed by atoms with van der Waals surface area (Å²) in [6.45, 7) is 2.08. The molecule has 0 fully saturated rings. The Morgan fingerprint density at radius 1 is 1.11 bits per heavy atom. The van der Waals surface area contributed by atoms with Crippen LogP contribution in [0.2, 0.25) is 0 Å². The second kappa shape index (κ2) is 5.53. The fraction of sp³-hybridized carbons (Fsp3) is 0.143. The fourth-order valence-corrected chi connectivity index (χ4v) is 0.534. The van der Waals surface area contributed by atoms with Gasteiger partial charge in [-0.05, 0) is 6.92 Å². The van der Waals surface area contributed by atoms with Gasteiger partial charge >= 0.3 is 0 Å². The lowest BCUT2D eigenvalue weighted by molar-refractivity contribution is 1.48. The van der Waals surface area contributed by atoms with E-state index in [4.69, 9.17) is 0 Å². The van der Waals surface area contributed by atoms with E-state index >= 15 is 0 Å². The van der Waals surface area contributed by atoms with Gasteiger partial charge in [0, 0.05) is 0 Å². The van der Waals surface area contributed by atoms with Crippen molar-refractivity contribution in [2.75, 3.05) is 0 Å². The summed E-state index contributed by atoms with van der Waals surface area (Å²) in [4.78, 5) is 0. The van der Waals surface area contributed by atoms with Crippen molar-refractivity contribution in [2.24, 2.45) is 5.40 Å². The van der Waals surface area contributed by atoms with E-state index < -0.39 is 0 Å². The van der Waals surface area contributed by atoms with Gasteiger partial charge in [-0.3, -0.25) is 0 Å². The SMILES string of the molecule is Cc1ccccc1.N[SiH3]. The summed E-state index contributed by atoms with van der Waals surface area (Å²) >= 11 is 0. The predicted octanol–water partition coefficient (Wildman–Crippen LogP) is 0.221. The van der Waals surface area contributed by atoms with Gasteiger partial charge in [0.2, 0.25) is 0 Å². The van der Waals surface area contributed by atoms with Gasteiger partial charge in [-0.1, -0.05) is 35.9 Å². The maximum Gasteiger partial charge on any atom is 0.0716 e. The van der Waals surface area contributed by atoms with Crippen molar-refractivity contribution in [1.29, 1.82) is 0 Å². The van der Waals surface area contributed by atoms with Gasteiger partial charge in [0.15, 0.2) is 0 Å². The van der Waals surface area contributed by atoms with Gasteiger partial charge in [0.05, 0.1) is 10.4 Å². The molecule has 0 aliphatic rings. The molecule has 0 bridgehead atoms. The normalized spacial score (nSPS) is 7.78. The van der Waals surface area contributed by atoms with Gasteiger partial charge in [-0.15, -0.1) is 0 Å². The molecule has 0 amide bonds. The van der Waals surface area contributed by atoms with Crippen LogP contribution in [-0.2, 0) is 0 Å². The van der Waals surface area contributed by atoms with Crippen LogP contribution in [-0.4, -0.2) is 10.4 Å². The molecule has 0 aliphatic heterocycles. The van der Waals surface area contributed by atoms with Crippen molar-refractivity contribution in [3.63, 3.8) is 0 Å². The topological polar surface area (TPSA) is 26.0 Å². The van der Waals surface area contributed by atoms with Gasteiger partial charge in [-0.2, -0.15) is 0 Å². The van der Waals surface area contributed by atoms with Crippen LogP contribution in [0.15, 0.2) is 30.3 Å². The van der Waals surface area contributed by atoms with Gasteiger partial charge < -0.3 is 5.40 Å². The van der Waals surface area contributed by atoms with Crippen LogP contribution < -0.4 is 5.40 Å². The summed E-state index contributed by atoms with van der Waals surface area (Å²) in [6, 6.07) is 10.3. The summed E-state index contributed by atoms with van der Waals surface area (Å²) in [5.41, 5.74) is 1.32. The minimum Gasteiger partial charge on any atom is -0.358 e. The molecule has 0 spiro atoms. The number of hydrogen-bond donors (Lipinski definition) is 1. The summed E-state index contributed by atoms with van der Waals surface area (Å²) < 4.78 is 0. The van der Waals surface area contributed by atoms with E-state index in [1.54, 1.807) is 0 Å². The molecule has 0 atom stereocenters. The van der Waals surface area contributed by atoms with Crippen molar-refractivity contribution in [2.45, 2.75) is 6.92 Å². The molecular formula is C7H13NSi. The average Bonchev–Trinajstić information content (AvgIpc) is 1.94. The molecule has 50 valence electrons. The molecule has 0 aliphatic carbocycles. The Balaban J connectivity index is 0.000000291. The Hall–Kier alpha value is -0.603. The zero-order valence-electron chi connectivity index (χ0n) is 5.96. The number of nitrogens with two attached hydrogens (primary N) is 1. The molecular weight excluding hydrogens is 126 g/mol. The summed E-state index contributed by atoms with van der Waals surface area (Å²) in [7, 11) is 0.806. The molecule has 1 aromatic carbocycles. The summed E-state index contributed by atoms with van der Waals surface area (Å²) in [5, 5.41) is 4.64. The minimum absolute atomic E-state index is 0.806. The van der Waals surface area contributed by atoms with E-state index in [0.29, 0.717) is 0 Å². The quantitative estimate of drug-likeness (QED) is 0.511. The van der Waals surface area contributed by atoms with Gasteiger partial charge in [0.25, 0.3) is 0 Å². The van der Waals surface area contributed by atoms with E-state index in [-0.39, 0.29) is 0 Å². The molecule has 1 aromatic rings. The third kappa shape index (κ3) is 3.94. The zero-order valence-corrected chi connectivity index (χ0v) is 7.96. The first-order valence-corrected chi connectivity index (χ1v) is 4.14. The standard InChI is InChI=1S/C7H8.H5NSi/c1-7-5-3-2-4-6-7;1-2/h2-6H,1H3;1H2,2H3. The van der Waals surface area contributed by atoms with Crippen LogP contribution >= 0.6 is 0 Å². The van der Waals surface area contributed by atoms with Crippen LogP contribution in [0.5, 0.6) is 0 Å². The second-order valence-electron chi connectivity index (χ2n) is 1.65. The summed E-state index contributed by atoms with van der Waals surface area (Å²) in [6.07, 6.45) is 0. The maximum atomic E-state index is 4.64. The van der Waals surface area contributed by atoms with E-state index in [1.165, 1.54) is 5.56 Å². The van der Waals surface area contributed by atoms with Crippen LogP contribution in [0, 0.1) is 6.92 Å². The number of benzene rings is 1. The Morgan fingerprint density at radius 3 is 1.78 bits per heavy atom. The molecule has 0 saturated heterocycles. The zero-order chi connectivity index (χ0) is 7.11. The van der Waals surface area contributed by atoms with Crippen molar-refractivity contribution < 1.29 is 0 Å². The molecule has 9 heavy (non-hydrogen) atoms. The highest BCUT2D eigenvalue weighted by Crippen LogP contribution is 1.92. The third-order valence-electron chi connectivity index (χ3n) is 0.940. The predicted molar refractivity (Wildman–Crippen MR) is 45.3 cm³/mol. The van der Waals surface area contributed by atoms with E-state index in [0.717, 1.165) is 10.4 Å². The van der Waals surface area contributed by atoms with Crippen molar-refractivity contribution in [1.82, 2.24) is 0 Å². The average molecular weight is 139 g/mol. The van der Waals surface area contributed by atoms with Gasteiger partial charge in [0.1, 0.15) is 0 Å². The second-order valence-corrected chi connectivity index (χ2v) is 1.65. The molecule has 0 saturated carbocycles. The number of hydrogen-bond acceptors (Lipinski definition) is 1. The van der Waals surface area contributed by atoms with E-state index in [9.17, 15) is 0 Å². The summed E-state index contributed by atoms with van der Waals surface area (Å²) in [5.74, 6) is 0. The van der Waals surface area contributed by atoms with Crippen LogP contribution in [0.3, 0.4) is 0 Å². The maximum absolute atomic E-state index is 4.64. The first-order valence-electron chi connectivity index (χ1n) is 2.99. The van der Waals surface area contributed by atoms with E-state index in [1.807, 2.05) is 18.2 Å². The van der Waals surface area contributed by atoms with Crippen molar-refractivity contribution >= 4 is 10.4 Å². The Morgan fingerprint density at radius 2 is 1.56 bits per heavy atom. The molecule has 1 nitrogen and oxygen atoms in total. The lowest BCUT2D eigenvalue weighted by atomic mass is 10.2. The highest BCUT2D eigenvalue weighted by Gasteiger charge is 1.72. The molecule has 0 radical (unpaired) electrons. The van der Waals surface area contributed by atoms with E-state index in [2.05, 4.69) is 24.5 Å². The number of aryl methyl sites for hydroxylation is 1. The highest BCUT2D eigenvalue weighted by atomic mass is 28.2. The Labute approximate surface area is 59.4 Å². The molecule has 0 unspecified atom stereocenters. The lowest BCUT2D eigenvalue weighted by Gasteiger charge is -1.82. The molecule has 1 rings (SSSR count). The third-order valence-corrected chi connectivity index (χ3v) is 0.940. The van der Waals surface area contributed by atoms with Crippen LogP contribution in [0.25, 0.3) is 0 Å². The van der Waals surface area contributed by atoms with Crippen LogP contribution in [0.1, 0.15) is 5.56 Å². The molecule has 2 N–H and O–H groups in total. The lowest BCUT2D eigenvalue weighted by Crippen LogP contribution is -1.75. The number of rotatable bonds is 0. The van der Waals surface area contributed by atoms with Crippen molar-refractivity contribution in [3.8, 4) is 0 Å². The first-order chi connectivity index (χ1) is 4.39. The minimum atomic E-state index is 0.806. The molecule has 0 aromatic heterocycles. The smallest absolute Gasteiger partial charge is 0.0716 e.